The average Bonchev–Trinajstić information content (AvgIpc) is 2.31. The van der Waals surface area contributed by atoms with E-state index in [4.69, 9.17) is 10.2 Å². The van der Waals surface area contributed by atoms with Gasteiger partial charge in [-0.2, -0.15) is 0 Å². The van der Waals surface area contributed by atoms with Crippen LogP contribution in [-0.4, -0.2) is 27.7 Å². The number of rotatable bonds is 2. The number of aromatic carboxylic acids is 1. The zero-order chi connectivity index (χ0) is 13.3. The van der Waals surface area contributed by atoms with Crippen molar-refractivity contribution in [1.29, 1.82) is 0 Å². The zero-order valence-electron chi connectivity index (χ0n) is 8.46. The van der Waals surface area contributed by atoms with Crippen molar-refractivity contribution >= 4 is 27.6 Å². The van der Waals surface area contributed by atoms with Crippen LogP contribution < -0.4 is 0 Å². The molecule has 0 atom stereocenters. The Balaban J connectivity index is 0.000000437. The number of nitro groups is 1. The van der Waals surface area contributed by atoms with E-state index < -0.39 is 10.9 Å². The molecule has 0 heterocycles. The van der Waals surface area contributed by atoms with Crippen LogP contribution >= 0.6 is 15.9 Å². The maximum atomic E-state index is 10.3. The van der Waals surface area contributed by atoms with Gasteiger partial charge in [-0.25, -0.2) is 4.79 Å². The van der Waals surface area contributed by atoms with Gasteiger partial charge in [0, 0.05) is 28.1 Å². The molecule has 1 rings (SSSR count). The van der Waals surface area contributed by atoms with Crippen LogP contribution in [0, 0.1) is 20.9 Å². The second-order valence-corrected chi connectivity index (χ2v) is 2.94. The summed E-state index contributed by atoms with van der Waals surface area (Å²) in [5, 5.41) is 26.4. The number of carboxylic acid groups (broad SMARTS) is 1. The standard InChI is InChI=1S/C7H5NO4.C3H3BrO/c9-7(10)5-1-3-6(4-2-5)8(11)12;4-2-1-3-5/h1-4H,(H,9,10);5H,3H2. The summed E-state index contributed by atoms with van der Waals surface area (Å²) in [6.07, 6.45) is 0. The zero-order valence-corrected chi connectivity index (χ0v) is 10.0. The summed E-state index contributed by atoms with van der Waals surface area (Å²) < 4.78 is 0. The number of hydrogen-bond acceptors (Lipinski definition) is 4. The molecule has 0 aliphatic carbocycles. The van der Waals surface area contributed by atoms with Gasteiger partial charge in [-0.3, -0.25) is 10.1 Å². The third-order valence-electron chi connectivity index (χ3n) is 1.47. The number of hydrogen-bond donors (Lipinski definition) is 2. The topological polar surface area (TPSA) is 101 Å². The fraction of sp³-hybridized carbons (Fsp3) is 0.100. The first-order chi connectivity index (χ1) is 8.02. The summed E-state index contributed by atoms with van der Waals surface area (Å²) in [5.41, 5.74) is -0.0689. The second-order valence-electron chi connectivity index (χ2n) is 2.54. The largest absolute Gasteiger partial charge is 0.478 e. The van der Waals surface area contributed by atoms with Gasteiger partial charge in [0.15, 0.2) is 0 Å². The maximum Gasteiger partial charge on any atom is 0.335 e. The lowest BCUT2D eigenvalue weighted by Crippen LogP contribution is -1.96. The van der Waals surface area contributed by atoms with Crippen LogP contribution in [0.4, 0.5) is 5.69 Å². The summed E-state index contributed by atoms with van der Waals surface area (Å²) in [6.45, 7) is -0.0642. The molecular weight excluding hydrogens is 294 g/mol. The van der Waals surface area contributed by atoms with Crippen molar-refractivity contribution in [3.05, 3.63) is 39.9 Å². The van der Waals surface area contributed by atoms with Gasteiger partial charge in [0.05, 0.1) is 10.5 Å². The first kappa shape index (κ1) is 15.1. The minimum absolute atomic E-state index is 0.0422. The van der Waals surface area contributed by atoms with Gasteiger partial charge in [0.25, 0.3) is 5.69 Å². The van der Waals surface area contributed by atoms with Gasteiger partial charge in [-0.1, -0.05) is 5.92 Å². The van der Waals surface area contributed by atoms with E-state index in [9.17, 15) is 14.9 Å². The number of carbonyl (C=O) groups is 1. The first-order valence-corrected chi connectivity index (χ1v) is 4.99. The van der Waals surface area contributed by atoms with Crippen molar-refractivity contribution in [2.45, 2.75) is 0 Å². The number of carboxylic acids is 1. The van der Waals surface area contributed by atoms with E-state index in [-0.39, 0.29) is 17.9 Å². The molecule has 0 aliphatic rings. The van der Waals surface area contributed by atoms with E-state index in [0.717, 1.165) is 12.1 Å². The van der Waals surface area contributed by atoms with Crippen LogP contribution in [0.1, 0.15) is 10.4 Å². The molecule has 0 bridgehead atoms. The van der Waals surface area contributed by atoms with Crippen LogP contribution in [0.5, 0.6) is 0 Å². The number of halogens is 1. The highest BCUT2D eigenvalue weighted by Gasteiger charge is 2.06. The Morgan fingerprint density at radius 1 is 1.41 bits per heavy atom. The Labute approximate surface area is 105 Å². The van der Waals surface area contributed by atoms with Gasteiger partial charge in [-0.15, -0.1) is 0 Å². The molecule has 17 heavy (non-hydrogen) atoms. The summed E-state index contributed by atoms with van der Waals surface area (Å²) in [5.74, 6) is 1.24. The third-order valence-corrected chi connectivity index (χ3v) is 1.75. The highest BCUT2D eigenvalue weighted by molar-refractivity contribution is 9.12. The summed E-state index contributed by atoms with van der Waals surface area (Å²) in [7, 11) is 0. The molecule has 90 valence electrons. The van der Waals surface area contributed by atoms with Gasteiger partial charge >= 0.3 is 5.97 Å². The van der Waals surface area contributed by atoms with Crippen LogP contribution in [0.3, 0.4) is 0 Å². The lowest BCUT2D eigenvalue weighted by molar-refractivity contribution is -0.384. The van der Waals surface area contributed by atoms with Crippen molar-refractivity contribution in [3.8, 4) is 10.8 Å². The first-order valence-electron chi connectivity index (χ1n) is 4.20. The molecule has 0 saturated carbocycles. The Kier molecular flexibility index (Phi) is 7.34. The van der Waals surface area contributed by atoms with E-state index in [1.807, 2.05) is 0 Å². The quantitative estimate of drug-likeness (QED) is 0.491. The van der Waals surface area contributed by atoms with E-state index in [1.165, 1.54) is 12.1 Å². The number of aliphatic hydroxyl groups excluding tert-OH is 1. The highest BCUT2D eigenvalue weighted by Crippen LogP contribution is 2.11. The number of nitro benzene ring substituents is 1. The number of non-ortho nitro benzene ring substituents is 1. The molecule has 1 aromatic carbocycles. The van der Waals surface area contributed by atoms with Crippen molar-refractivity contribution in [2.24, 2.45) is 0 Å². The SMILES string of the molecule is O=C(O)c1ccc([N+](=O)[O-])cc1.OCC#CBr. The number of nitrogens with zero attached hydrogens (tertiary/aromatic N) is 1. The molecule has 0 fully saturated rings. The molecule has 7 heteroatoms. The average molecular weight is 302 g/mol. The summed E-state index contributed by atoms with van der Waals surface area (Å²) >= 11 is 2.79. The van der Waals surface area contributed by atoms with Crippen LogP contribution in [-0.2, 0) is 0 Å². The molecule has 6 nitrogen and oxygen atoms in total. The predicted octanol–water partition coefficient (Wildman–Crippen LogP) is 1.63. The van der Waals surface area contributed by atoms with E-state index in [2.05, 4.69) is 26.7 Å². The Morgan fingerprint density at radius 3 is 2.18 bits per heavy atom. The molecular formula is C10H8BrNO5. The van der Waals surface area contributed by atoms with Crippen LogP contribution in [0.2, 0.25) is 0 Å². The smallest absolute Gasteiger partial charge is 0.335 e. The fourth-order valence-corrected chi connectivity index (χ4v) is 0.881. The lowest BCUT2D eigenvalue weighted by atomic mass is 10.2. The normalized spacial score (nSPS) is 8.12. The predicted molar refractivity (Wildman–Crippen MR) is 63.8 cm³/mol. The van der Waals surface area contributed by atoms with E-state index >= 15 is 0 Å². The Bertz CT molecular complexity index is 413. The van der Waals surface area contributed by atoms with Crippen molar-refractivity contribution in [1.82, 2.24) is 0 Å². The Hall–Kier alpha value is -1.91. The molecule has 0 unspecified atom stereocenters. The molecule has 0 aliphatic heterocycles. The molecule has 0 saturated heterocycles. The molecule has 0 aromatic heterocycles. The minimum atomic E-state index is -1.09. The molecule has 0 amide bonds. The Morgan fingerprint density at radius 2 is 1.94 bits per heavy atom. The van der Waals surface area contributed by atoms with Crippen molar-refractivity contribution in [3.63, 3.8) is 0 Å². The monoisotopic (exact) mass is 301 g/mol. The lowest BCUT2D eigenvalue weighted by Gasteiger charge is -1.92. The van der Waals surface area contributed by atoms with Gasteiger partial charge in [0.2, 0.25) is 0 Å². The molecule has 0 spiro atoms. The highest BCUT2D eigenvalue weighted by atomic mass is 79.9. The minimum Gasteiger partial charge on any atom is -0.478 e. The van der Waals surface area contributed by atoms with Crippen molar-refractivity contribution in [2.75, 3.05) is 6.61 Å². The van der Waals surface area contributed by atoms with E-state index in [1.54, 1.807) is 0 Å². The van der Waals surface area contributed by atoms with Gasteiger partial charge in [0.1, 0.15) is 6.61 Å². The number of benzene rings is 1. The summed E-state index contributed by atoms with van der Waals surface area (Å²) in [4.78, 5) is 22.2. The third kappa shape index (κ3) is 6.29. The van der Waals surface area contributed by atoms with Gasteiger partial charge < -0.3 is 10.2 Å². The summed E-state index contributed by atoms with van der Waals surface area (Å²) in [6, 6.07) is 4.70. The number of aliphatic hydroxyl groups is 1. The second kappa shape index (κ2) is 8.27. The van der Waals surface area contributed by atoms with Crippen LogP contribution in [0.25, 0.3) is 0 Å². The molecule has 1 aromatic rings. The van der Waals surface area contributed by atoms with Crippen LogP contribution in [0.15, 0.2) is 24.3 Å². The maximum absolute atomic E-state index is 10.3. The van der Waals surface area contributed by atoms with E-state index in [0.29, 0.717) is 0 Å². The molecule has 2 N–H and O–H groups in total. The van der Waals surface area contributed by atoms with Crippen molar-refractivity contribution < 1.29 is 19.9 Å². The van der Waals surface area contributed by atoms with Gasteiger partial charge in [-0.05, 0) is 17.0 Å². The molecule has 0 radical (unpaired) electrons. The fourth-order valence-electron chi connectivity index (χ4n) is 0.756.